The third-order valence-corrected chi connectivity index (χ3v) is 6.36. The lowest BCUT2D eigenvalue weighted by Crippen LogP contribution is -2.30. The summed E-state index contributed by atoms with van der Waals surface area (Å²) in [6.45, 7) is 4.05. The fourth-order valence-electron chi connectivity index (χ4n) is 3.43. The molecule has 3 heterocycles. The van der Waals surface area contributed by atoms with E-state index in [-0.39, 0.29) is 12.5 Å². The van der Waals surface area contributed by atoms with E-state index in [4.69, 9.17) is 4.74 Å². The molecule has 4 aromatic rings. The number of aryl methyl sites for hydroxylation is 1. The van der Waals surface area contributed by atoms with Crippen LogP contribution in [0.15, 0.2) is 55.0 Å². The number of para-hydroxylation sites is 1. The maximum absolute atomic E-state index is 12.7. The lowest BCUT2D eigenvalue weighted by atomic mass is 10.1. The Hall–Kier alpha value is -3.32. The van der Waals surface area contributed by atoms with E-state index in [1.807, 2.05) is 67.3 Å². The Morgan fingerprint density at radius 3 is 2.70 bits per heavy atom. The number of fused-ring (bicyclic) bond motifs is 1. The first-order valence-electron chi connectivity index (χ1n) is 9.76. The van der Waals surface area contributed by atoms with Crippen molar-refractivity contribution in [2.45, 2.75) is 20.3 Å². The van der Waals surface area contributed by atoms with Crippen molar-refractivity contribution < 1.29 is 14.3 Å². The third-order valence-electron chi connectivity index (χ3n) is 5.14. The summed E-state index contributed by atoms with van der Waals surface area (Å²) >= 11 is 1.53. The van der Waals surface area contributed by atoms with Crippen LogP contribution in [0.1, 0.15) is 26.4 Å². The normalized spacial score (nSPS) is 11.0. The Kier molecular flexibility index (Phi) is 5.72. The van der Waals surface area contributed by atoms with Crippen molar-refractivity contribution in [2.24, 2.45) is 0 Å². The molecule has 7 heteroatoms. The average molecular weight is 422 g/mol. The van der Waals surface area contributed by atoms with Crippen molar-refractivity contribution in [3.8, 4) is 5.00 Å². The quantitative estimate of drug-likeness (QED) is 0.440. The molecule has 0 spiro atoms. The summed E-state index contributed by atoms with van der Waals surface area (Å²) in [7, 11) is 0. The van der Waals surface area contributed by atoms with Gasteiger partial charge in [0.15, 0.2) is 6.61 Å². The van der Waals surface area contributed by atoms with Gasteiger partial charge in [0.2, 0.25) is 0 Å². The Bertz CT molecular complexity index is 1190. The van der Waals surface area contributed by atoms with E-state index in [2.05, 4.69) is 16.4 Å². The van der Waals surface area contributed by atoms with Crippen LogP contribution in [0.3, 0.4) is 0 Å². The molecule has 2 N–H and O–H groups in total. The van der Waals surface area contributed by atoms with Crippen LogP contribution in [0, 0.1) is 13.8 Å². The Balaban J connectivity index is 1.33. The number of benzene rings is 1. The molecule has 0 radical (unpaired) electrons. The number of aromatic amines is 1. The molecule has 0 saturated carbocycles. The van der Waals surface area contributed by atoms with Crippen LogP contribution in [-0.4, -0.2) is 34.6 Å². The molecule has 154 valence electrons. The van der Waals surface area contributed by atoms with E-state index in [0.29, 0.717) is 18.5 Å². The summed E-state index contributed by atoms with van der Waals surface area (Å²) in [6.07, 6.45) is 6.43. The zero-order valence-corrected chi connectivity index (χ0v) is 17.7. The lowest BCUT2D eigenvalue weighted by molar-refractivity contribution is -0.124. The zero-order valence-electron chi connectivity index (χ0n) is 16.9. The first-order chi connectivity index (χ1) is 14.5. The molecule has 0 aliphatic heterocycles. The van der Waals surface area contributed by atoms with Crippen LogP contribution < -0.4 is 5.32 Å². The van der Waals surface area contributed by atoms with Gasteiger partial charge in [0.25, 0.3) is 5.91 Å². The number of thiophene rings is 1. The number of esters is 1. The van der Waals surface area contributed by atoms with Crippen molar-refractivity contribution in [1.82, 2.24) is 14.9 Å². The summed E-state index contributed by atoms with van der Waals surface area (Å²) in [6, 6.07) is 11.9. The number of aromatic nitrogens is 2. The minimum absolute atomic E-state index is 0.299. The minimum atomic E-state index is -0.479. The molecule has 3 aromatic heterocycles. The molecular formula is C23H23N3O3S. The van der Waals surface area contributed by atoms with Crippen molar-refractivity contribution in [3.63, 3.8) is 0 Å². The number of amides is 1. The highest BCUT2D eigenvalue weighted by molar-refractivity contribution is 7.15. The second-order valence-electron chi connectivity index (χ2n) is 7.09. The first kappa shape index (κ1) is 20.0. The van der Waals surface area contributed by atoms with Crippen LogP contribution in [0.2, 0.25) is 0 Å². The maximum Gasteiger partial charge on any atom is 0.341 e. The number of nitrogens with zero attached hydrogens (tertiary/aromatic N) is 1. The molecule has 0 aliphatic rings. The summed E-state index contributed by atoms with van der Waals surface area (Å²) in [4.78, 5) is 29.1. The monoisotopic (exact) mass is 421 g/mol. The van der Waals surface area contributed by atoms with Gasteiger partial charge in [0.1, 0.15) is 5.00 Å². The van der Waals surface area contributed by atoms with Gasteiger partial charge in [0, 0.05) is 40.9 Å². The SMILES string of the molecule is Cc1sc(-n2cccc2)c(C(=O)OCC(=O)NCCc2c[nH]c3ccccc23)c1C. The van der Waals surface area contributed by atoms with Gasteiger partial charge in [-0.25, -0.2) is 4.79 Å². The smallest absolute Gasteiger partial charge is 0.341 e. The van der Waals surface area contributed by atoms with Crippen molar-refractivity contribution >= 4 is 34.1 Å². The van der Waals surface area contributed by atoms with Crippen molar-refractivity contribution in [3.05, 3.63) is 76.6 Å². The fraction of sp³-hybridized carbons (Fsp3) is 0.217. The highest BCUT2D eigenvalue weighted by Gasteiger charge is 2.22. The molecule has 0 aliphatic carbocycles. The summed E-state index contributed by atoms with van der Waals surface area (Å²) < 4.78 is 7.21. The Morgan fingerprint density at radius 1 is 1.13 bits per heavy atom. The molecule has 0 fully saturated rings. The highest BCUT2D eigenvalue weighted by Crippen LogP contribution is 2.31. The van der Waals surface area contributed by atoms with Crippen LogP contribution in [0.4, 0.5) is 0 Å². The van der Waals surface area contributed by atoms with Gasteiger partial charge < -0.3 is 19.6 Å². The van der Waals surface area contributed by atoms with Gasteiger partial charge in [-0.1, -0.05) is 18.2 Å². The predicted octanol–water partition coefficient (Wildman–Crippen LogP) is 4.15. The molecule has 0 bridgehead atoms. The molecule has 0 unspecified atom stereocenters. The van der Waals surface area contributed by atoms with E-state index in [1.165, 1.54) is 11.3 Å². The number of H-pyrrole nitrogens is 1. The van der Waals surface area contributed by atoms with Gasteiger partial charge in [-0.15, -0.1) is 11.3 Å². The second kappa shape index (κ2) is 8.59. The van der Waals surface area contributed by atoms with Crippen molar-refractivity contribution in [1.29, 1.82) is 0 Å². The van der Waals surface area contributed by atoms with Gasteiger partial charge in [-0.05, 0) is 49.6 Å². The standard InChI is InChI=1S/C23H23N3O3S/c1-15-16(2)30-22(26-11-5-6-12-26)21(15)23(28)29-14-20(27)24-10-9-17-13-25-19-8-4-3-7-18(17)19/h3-8,11-13,25H,9-10,14H2,1-2H3,(H,24,27). The fourth-order valence-corrected chi connectivity index (χ4v) is 4.54. The molecule has 4 rings (SSSR count). The van der Waals surface area contributed by atoms with Gasteiger partial charge in [-0.3, -0.25) is 4.79 Å². The topological polar surface area (TPSA) is 76.1 Å². The number of rotatable bonds is 7. The Labute approximate surface area is 178 Å². The molecular weight excluding hydrogens is 398 g/mol. The molecule has 1 aromatic carbocycles. The van der Waals surface area contributed by atoms with Gasteiger partial charge >= 0.3 is 5.97 Å². The van der Waals surface area contributed by atoms with E-state index in [9.17, 15) is 9.59 Å². The van der Waals surface area contributed by atoms with Crippen LogP contribution in [-0.2, 0) is 16.0 Å². The number of carbonyl (C=O) groups is 2. The lowest BCUT2D eigenvalue weighted by Gasteiger charge is -2.08. The van der Waals surface area contributed by atoms with E-state index >= 15 is 0 Å². The summed E-state index contributed by atoms with van der Waals surface area (Å²) in [5.41, 5.74) is 3.62. The van der Waals surface area contributed by atoms with Crippen molar-refractivity contribution in [2.75, 3.05) is 13.2 Å². The Morgan fingerprint density at radius 2 is 1.90 bits per heavy atom. The van der Waals surface area contributed by atoms with E-state index in [0.717, 1.165) is 31.9 Å². The predicted molar refractivity (Wildman–Crippen MR) is 118 cm³/mol. The molecule has 30 heavy (non-hydrogen) atoms. The highest BCUT2D eigenvalue weighted by atomic mass is 32.1. The van der Waals surface area contributed by atoms with E-state index < -0.39 is 5.97 Å². The molecule has 6 nitrogen and oxygen atoms in total. The summed E-state index contributed by atoms with van der Waals surface area (Å²) in [5.74, 6) is -0.789. The molecule has 0 saturated heterocycles. The third kappa shape index (κ3) is 4.02. The summed E-state index contributed by atoms with van der Waals surface area (Å²) in [5, 5.41) is 4.78. The molecule has 0 atom stereocenters. The van der Waals surface area contributed by atoms with Gasteiger partial charge in [0.05, 0.1) is 5.56 Å². The number of carbonyl (C=O) groups excluding carboxylic acids is 2. The van der Waals surface area contributed by atoms with Crippen LogP contribution >= 0.6 is 11.3 Å². The second-order valence-corrected chi connectivity index (χ2v) is 8.29. The van der Waals surface area contributed by atoms with Crippen LogP contribution in [0.5, 0.6) is 0 Å². The number of hydrogen-bond acceptors (Lipinski definition) is 4. The minimum Gasteiger partial charge on any atom is -0.452 e. The van der Waals surface area contributed by atoms with E-state index in [1.54, 1.807) is 0 Å². The number of ether oxygens (including phenoxy) is 1. The maximum atomic E-state index is 12.7. The van der Waals surface area contributed by atoms with Gasteiger partial charge in [-0.2, -0.15) is 0 Å². The number of nitrogens with one attached hydrogen (secondary N) is 2. The number of hydrogen-bond donors (Lipinski definition) is 2. The first-order valence-corrected chi connectivity index (χ1v) is 10.6. The molecule has 1 amide bonds. The average Bonchev–Trinajstić information content (AvgIpc) is 3.47. The zero-order chi connectivity index (χ0) is 21.1. The largest absolute Gasteiger partial charge is 0.452 e. The van der Waals surface area contributed by atoms with Crippen LogP contribution in [0.25, 0.3) is 15.9 Å².